The largest absolute Gasteiger partial charge is 0.392 e. The number of rotatable bonds is 5. The molecule has 0 radical (unpaired) electrons. The SMILES string of the molecule is CCC(O)C(C)N(CC)CC. The topological polar surface area (TPSA) is 23.5 Å². The molecule has 0 heterocycles. The van der Waals surface area contributed by atoms with Gasteiger partial charge in [0.2, 0.25) is 0 Å². The van der Waals surface area contributed by atoms with Crippen molar-refractivity contribution in [3.05, 3.63) is 0 Å². The van der Waals surface area contributed by atoms with Gasteiger partial charge in [0.25, 0.3) is 0 Å². The predicted octanol–water partition coefficient (Wildman–Crippen LogP) is 1.49. The van der Waals surface area contributed by atoms with Crippen LogP contribution >= 0.6 is 0 Å². The molecule has 0 fully saturated rings. The van der Waals surface area contributed by atoms with Crippen LogP contribution < -0.4 is 0 Å². The highest BCUT2D eigenvalue weighted by Gasteiger charge is 2.16. The molecule has 0 amide bonds. The molecular weight excluding hydrogens is 138 g/mol. The number of aliphatic hydroxyl groups is 1. The van der Waals surface area contributed by atoms with E-state index in [2.05, 4.69) is 25.7 Å². The van der Waals surface area contributed by atoms with Gasteiger partial charge in [-0.25, -0.2) is 0 Å². The maximum absolute atomic E-state index is 9.52. The molecule has 0 saturated heterocycles. The zero-order chi connectivity index (χ0) is 8.85. The second-order valence-corrected chi connectivity index (χ2v) is 2.94. The molecule has 1 N–H and O–H groups in total. The van der Waals surface area contributed by atoms with Gasteiger partial charge >= 0.3 is 0 Å². The Morgan fingerprint density at radius 3 is 1.91 bits per heavy atom. The number of hydrogen-bond acceptors (Lipinski definition) is 2. The van der Waals surface area contributed by atoms with Crippen LogP contribution in [0.25, 0.3) is 0 Å². The average Bonchev–Trinajstić information content (AvgIpc) is 2.05. The van der Waals surface area contributed by atoms with Gasteiger partial charge in [-0.05, 0) is 26.4 Å². The van der Waals surface area contributed by atoms with E-state index in [0.29, 0.717) is 6.04 Å². The minimum absolute atomic E-state index is 0.171. The van der Waals surface area contributed by atoms with Crippen molar-refractivity contribution < 1.29 is 5.11 Å². The summed E-state index contributed by atoms with van der Waals surface area (Å²) >= 11 is 0. The maximum atomic E-state index is 9.52. The molecule has 2 nitrogen and oxygen atoms in total. The van der Waals surface area contributed by atoms with E-state index in [0.717, 1.165) is 19.5 Å². The van der Waals surface area contributed by atoms with E-state index < -0.39 is 0 Å². The summed E-state index contributed by atoms with van der Waals surface area (Å²) in [5.41, 5.74) is 0. The van der Waals surface area contributed by atoms with Crippen LogP contribution in [0.3, 0.4) is 0 Å². The lowest BCUT2D eigenvalue weighted by atomic mass is 10.1. The molecule has 0 aromatic carbocycles. The first-order chi connectivity index (χ1) is 5.17. The van der Waals surface area contributed by atoms with E-state index in [-0.39, 0.29) is 6.10 Å². The van der Waals surface area contributed by atoms with E-state index in [4.69, 9.17) is 0 Å². The molecule has 0 aromatic heterocycles. The monoisotopic (exact) mass is 159 g/mol. The van der Waals surface area contributed by atoms with E-state index in [9.17, 15) is 5.11 Å². The van der Waals surface area contributed by atoms with Crippen molar-refractivity contribution >= 4 is 0 Å². The third kappa shape index (κ3) is 3.21. The highest BCUT2D eigenvalue weighted by molar-refractivity contribution is 4.71. The first-order valence-corrected chi connectivity index (χ1v) is 4.59. The lowest BCUT2D eigenvalue weighted by Crippen LogP contribution is -2.40. The van der Waals surface area contributed by atoms with Crippen molar-refractivity contribution in [1.29, 1.82) is 0 Å². The van der Waals surface area contributed by atoms with Gasteiger partial charge in [0, 0.05) is 6.04 Å². The first-order valence-electron chi connectivity index (χ1n) is 4.59. The second kappa shape index (κ2) is 5.56. The molecule has 0 spiro atoms. The standard InChI is InChI=1S/C9H21NO/c1-5-9(11)8(4)10(6-2)7-3/h8-9,11H,5-7H2,1-4H3. The van der Waals surface area contributed by atoms with Gasteiger partial charge < -0.3 is 5.11 Å². The fraction of sp³-hybridized carbons (Fsp3) is 1.00. The van der Waals surface area contributed by atoms with Gasteiger partial charge in [0.05, 0.1) is 6.10 Å². The van der Waals surface area contributed by atoms with Crippen LogP contribution in [0.5, 0.6) is 0 Å². The van der Waals surface area contributed by atoms with Gasteiger partial charge in [-0.3, -0.25) is 4.90 Å². The quantitative estimate of drug-likeness (QED) is 0.657. The van der Waals surface area contributed by atoms with Gasteiger partial charge in [-0.2, -0.15) is 0 Å². The van der Waals surface area contributed by atoms with E-state index >= 15 is 0 Å². The van der Waals surface area contributed by atoms with Gasteiger partial charge in [0.15, 0.2) is 0 Å². The number of hydrogen-bond donors (Lipinski definition) is 1. The molecule has 0 bridgehead atoms. The minimum atomic E-state index is -0.171. The first kappa shape index (κ1) is 10.9. The Labute approximate surface area is 70.2 Å². The van der Waals surface area contributed by atoms with Gasteiger partial charge in [0.1, 0.15) is 0 Å². The normalized spacial score (nSPS) is 16.9. The second-order valence-electron chi connectivity index (χ2n) is 2.94. The third-order valence-electron chi connectivity index (χ3n) is 2.36. The molecule has 0 aliphatic rings. The third-order valence-corrected chi connectivity index (χ3v) is 2.36. The Morgan fingerprint density at radius 1 is 1.18 bits per heavy atom. The van der Waals surface area contributed by atoms with E-state index in [1.807, 2.05) is 6.92 Å². The fourth-order valence-electron chi connectivity index (χ4n) is 1.38. The molecular formula is C9H21NO. The van der Waals surface area contributed by atoms with Gasteiger partial charge in [-0.1, -0.05) is 20.8 Å². The predicted molar refractivity (Wildman–Crippen MR) is 48.7 cm³/mol. The molecule has 11 heavy (non-hydrogen) atoms. The van der Waals surface area contributed by atoms with Crippen LogP contribution in [0.2, 0.25) is 0 Å². The number of aliphatic hydroxyl groups excluding tert-OH is 1. The molecule has 2 heteroatoms. The summed E-state index contributed by atoms with van der Waals surface area (Å²) in [6.45, 7) is 10.4. The summed E-state index contributed by atoms with van der Waals surface area (Å²) < 4.78 is 0. The van der Waals surface area contributed by atoms with Crippen LogP contribution in [0.1, 0.15) is 34.1 Å². The highest BCUT2D eigenvalue weighted by atomic mass is 16.3. The number of likely N-dealkylation sites (N-methyl/N-ethyl adjacent to an activating group) is 1. The molecule has 0 aromatic rings. The summed E-state index contributed by atoms with van der Waals surface area (Å²) in [6, 6.07) is 0.301. The molecule has 68 valence electrons. The maximum Gasteiger partial charge on any atom is 0.0690 e. The Kier molecular flexibility index (Phi) is 5.51. The molecule has 0 aliphatic heterocycles. The lowest BCUT2D eigenvalue weighted by molar-refractivity contribution is 0.0617. The molecule has 2 unspecified atom stereocenters. The summed E-state index contributed by atoms with van der Waals surface area (Å²) in [7, 11) is 0. The lowest BCUT2D eigenvalue weighted by Gasteiger charge is -2.29. The van der Waals surface area contributed by atoms with E-state index in [1.54, 1.807) is 0 Å². The van der Waals surface area contributed by atoms with Crippen molar-refractivity contribution in [3.8, 4) is 0 Å². The number of nitrogens with zero attached hydrogens (tertiary/aromatic N) is 1. The van der Waals surface area contributed by atoms with E-state index in [1.165, 1.54) is 0 Å². The van der Waals surface area contributed by atoms with Crippen molar-refractivity contribution in [2.75, 3.05) is 13.1 Å². The molecule has 0 saturated carbocycles. The van der Waals surface area contributed by atoms with Crippen molar-refractivity contribution in [2.45, 2.75) is 46.3 Å². The summed E-state index contributed by atoms with van der Waals surface area (Å²) in [6.07, 6.45) is 0.674. The molecule has 0 aliphatic carbocycles. The smallest absolute Gasteiger partial charge is 0.0690 e. The minimum Gasteiger partial charge on any atom is -0.392 e. The Morgan fingerprint density at radius 2 is 1.64 bits per heavy atom. The van der Waals surface area contributed by atoms with Crippen LogP contribution in [-0.2, 0) is 0 Å². The molecule has 2 atom stereocenters. The summed E-state index contributed by atoms with van der Waals surface area (Å²) in [5, 5.41) is 9.52. The zero-order valence-corrected chi connectivity index (χ0v) is 8.17. The fourth-order valence-corrected chi connectivity index (χ4v) is 1.38. The summed E-state index contributed by atoms with van der Waals surface area (Å²) in [4.78, 5) is 2.27. The van der Waals surface area contributed by atoms with Crippen LogP contribution in [-0.4, -0.2) is 35.2 Å². The van der Waals surface area contributed by atoms with Gasteiger partial charge in [-0.15, -0.1) is 0 Å². The Bertz CT molecular complexity index is 91.6. The summed E-state index contributed by atoms with van der Waals surface area (Å²) in [5.74, 6) is 0. The Hall–Kier alpha value is -0.0800. The van der Waals surface area contributed by atoms with Crippen molar-refractivity contribution in [2.24, 2.45) is 0 Å². The zero-order valence-electron chi connectivity index (χ0n) is 8.17. The highest BCUT2D eigenvalue weighted by Crippen LogP contribution is 2.06. The van der Waals surface area contributed by atoms with Crippen molar-refractivity contribution in [1.82, 2.24) is 4.90 Å². The van der Waals surface area contributed by atoms with Crippen LogP contribution in [0.4, 0.5) is 0 Å². The molecule has 0 rings (SSSR count). The van der Waals surface area contributed by atoms with Crippen LogP contribution in [0, 0.1) is 0 Å². The Balaban J connectivity index is 3.86. The van der Waals surface area contributed by atoms with Crippen molar-refractivity contribution in [3.63, 3.8) is 0 Å². The van der Waals surface area contributed by atoms with Crippen LogP contribution in [0.15, 0.2) is 0 Å². The average molecular weight is 159 g/mol.